The molecule has 0 spiro atoms. The van der Waals surface area contributed by atoms with E-state index in [1.165, 1.54) is 35.3 Å². The van der Waals surface area contributed by atoms with Crippen LogP contribution in [0.5, 0.6) is 0 Å². The van der Waals surface area contributed by atoms with Crippen molar-refractivity contribution in [3.05, 3.63) is 51.5 Å². The molecule has 1 aliphatic rings. The number of fused-ring (bicyclic) bond motifs is 1. The second-order valence-electron chi connectivity index (χ2n) is 7.17. The molecule has 9 heteroatoms. The number of hydrogen-bond donors (Lipinski definition) is 1. The number of thiazole rings is 1. The van der Waals surface area contributed by atoms with Gasteiger partial charge in [-0.2, -0.15) is 4.68 Å². The summed E-state index contributed by atoms with van der Waals surface area (Å²) in [6.45, 7) is 3.93. The maximum atomic E-state index is 12.6. The number of rotatable bonds is 3. The van der Waals surface area contributed by atoms with Crippen molar-refractivity contribution in [2.45, 2.75) is 26.2 Å². The van der Waals surface area contributed by atoms with Crippen molar-refractivity contribution in [2.24, 2.45) is 0 Å². The highest BCUT2D eigenvalue weighted by atomic mass is 35.5. The number of hydrogen-bond acceptors (Lipinski definition) is 6. The summed E-state index contributed by atoms with van der Waals surface area (Å²) < 4.78 is 2.42. The highest BCUT2D eigenvalue weighted by Gasteiger charge is 2.17. The number of benzene rings is 1. The maximum Gasteiger partial charge on any atom is 0.273 e. The Morgan fingerprint density at radius 2 is 1.97 bits per heavy atom. The zero-order chi connectivity index (χ0) is 20.0. The highest BCUT2D eigenvalue weighted by molar-refractivity contribution is 7.20. The normalized spacial score (nSPS) is 14.6. The molecule has 1 N–H and O–H groups in total. The number of aromatic amines is 1. The van der Waals surface area contributed by atoms with E-state index in [4.69, 9.17) is 11.6 Å². The van der Waals surface area contributed by atoms with Crippen LogP contribution in [0.1, 0.15) is 25.0 Å². The SMILES string of the molecule is Cc1nc(N2CCCCC2)ncc1-c1cc(=O)n(-c2nc3cc(Cl)ccc3s2)[nH]1. The minimum Gasteiger partial charge on any atom is -0.341 e. The fourth-order valence-corrected chi connectivity index (χ4v) is 4.70. The van der Waals surface area contributed by atoms with E-state index in [1.54, 1.807) is 18.3 Å². The number of aromatic nitrogens is 5. The minimum absolute atomic E-state index is 0.176. The number of nitrogens with one attached hydrogen (secondary N) is 1. The summed E-state index contributed by atoms with van der Waals surface area (Å²) in [5.41, 5.74) is 2.92. The van der Waals surface area contributed by atoms with Gasteiger partial charge in [-0.25, -0.2) is 15.0 Å². The summed E-state index contributed by atoms with van der Waals surface area (Å²) in [5.74, 6) is 0.760. The molecule has 4 aromatic rings. The molecule has 4 heterocycles. The van der Waals surface area contributed by atoms with Gasteiger partial charge in [0.15, 0.2) is 0 Å². The molecule has 0 aliphatic carbocycles. The number of nitrogens with zero attached hydrogens (tertiary/aromatic N) is 5. The smallest absolute Gasteiger partial charge is 0.273 e. The predicted octanol–water partition coefficient (Wildman–Crippen LogP) is 4.18. The number of aryl methyl sites for hydroxylation is 1. The second kappa shape index (κ2) is 7.27. The Kier molecular flexibility index (Phi) is 4.60. The Morgan fingerprint density at radius 1 is 1.14 bits per heavy atom. The molecule has 0 saturated carbocycles. The summed E-state index contributed by atoms with van der Waals surface area (Å²) in [6.07, 6.45) is 5.40. The van der Waals surface area contributed by atoms with Crippen LogP contribution in [0.2, 0.25) is 5.02 Å². The van der Waals surface area contributed by atoms with Gasteiger partial charge in [-0.05, 0) is 44.4 Å². The molecular formula is C20H19ClN6OS. The number of halogens is 1. The van der Waals surface area contributed by atoms with Gasteiger partial charge in [0.1, 0.15) is 0 Å². The molecule has 7 nitrogen and oxygen atoms in total. The van der Waals surface area contributed by atoms with Crippen molar-refractivity contribution in [1.29, 1.82) is 0 Å². The van der Waals surface area contributed by atoms with E-state index in [0.29, 0.717) is 15.8 Å². The summed E-state index contributed by atoms with van der Waals surface area (Å²) in [4.78, 5) is 28.6. The van der Waals surface area contributed by atoms with E-state index in [9.17, 15) is 4.79 Å². The van der Waals surface area contributed by atoms with Crippen molar-refractivity contribution in [1.82, 2.24) is 24.7 Å². The lowest BCUT2D eigenvalue weighted by Crippen LogP contribution is -2.31. The van der Waals surface area contributed by atoms with Crippen LogP contribution in [-0.2, 0) is 0 Å². The van der Waals surface area contributed by atoms with Crippen LogP contribution in [-0.4, -0.2) is 37.8 Å². The van der Waals surface area contributed by atoms with Crippen molar-refractivity contribution in [3.63, 3.8) is 0 Å². The second-order valence-corrected chi connectivity index (χ2v) is 8.61. The summed E-state index contributed by atoms with van der Waals surface area (Å²) in [5, 5.41) is 4.35. The first-order valence-corrected chi connectivity index (χ1v) is 10.8. The third kappa shape index (κ3) is 3.42. The first-order valence-electron chi connectivity index (χ1n) is 9.56. The van der Waals surface area contributed by atoms with Gasteiger partial charge in [0.25, 0.3) is 5.56 Å². The number of piperidine rings is 1. The molecule has 0 bridgehead atoms. The van der Waals surface area contributed by atoms with Crippen molar-refractivity contribution < 1.29 is 0 Å². The van der Waals surface area contributed by atoms with Crippen LogP contribution in [0.4, 0.5) is 5.95 Å². The predicted molar refractivity (Wildman–Crippen MR) is 116 cm³/mol. The Morgan fingerprint density at radius 3 is 2.76 bits per heavy atom. The van der Waals surface area contributed by atoms with Gasteiger partial charge in [0, 0.05) is 35.9 Å². The fourth-order valence-electron chi connectivity index (χ4n) is 3.63. The highest BCUT2D eigenvalue weighted by Crippen LogP contribution is 2.27. The lowest BCUT2D eigenvalue weighted by atomic mass is 10.1. The van der Waals surface area contributed by atoms with E-state index >= 15 is 0 Å². The molecule has 148 valence electrons. The zero-order valence-electron chi connectivity index (χ0n) is 15.9. The van der Waals surface area contributed by atoms with E-state index in [2.05, 4.69) is 25.0 Å². The lowest BCUT2D eigenvalue weighted by molar-refractivity contribution is 0.568. The average molecular weight is 427 g/mol. The van der Waals surface area contributed by atoms with E-state index in [1.807, 2.05) is 19.1 Å². The molecule has 0 radical (unpaired) electrons. The van der Waals surface area contributed by atoms with Gasteiger partial charge >= 0.3 is 0 Å². The topological polar surface area (TPSA) is 79.7 Å². The molecule has 1 aromatic carbocycles. The van der Waals surface area contributed by atoms with Gasteiger partial charge in [-0.3, -0.25) is 9.89 Å². The lowest BCUT2D eigenvalue weighted by Gasteiger charge is -2.26. The Labute approximate surface area is 176 Å². The minimum atomic E-state index is -0.176. The number of H-pyrrole nitrogens is 1. The summed E-state index contributed by atoms with van der Waals surface area (Å²) in [7, 11) is 0. The third-order valence-corrected chi connectivity index (χ3v) is 6.40. The standard InChI is InChI=1S/C20H19ClN6OS/c1-12-14(11-22-19(23-12)26-7-3-2-4-8-26)15-10-18(28)27(25-15)20-24-16-9-13(21)5-6-17(16)29-20/h5-6,9-11,25H,2-4,7-8H2,1H3. The largest absolute Gasteiger partial charge is 0.341 e. The number of anilines is 1. The quantitative estimate of drug-likeness (QED) is 0.531. The van der Waals surface area contributed by atoms with Crippen LogP contribution in [0.25, 0.3) is 26.6 Å². The molecule has 0 atom stereocenters. The monoisotopic (exact) mass is 426 g/mol. The maximum absolute atomic E-state index is 12.6. The Bertz CT molecular complexity index is 1250. The van der Waals surface area contributed by atoms with Crippen LogP contribution in [0.3, 0.4) is 0 Å². The zero-order valence-corrected chi connectivity index (χ0v) is 17.4. The molecule has 1 aliphatic heterocycles. The van der Waals surface area contributed by atoms with Crippen LogP contribution in [0.15, 0.2) is 35.3 Å². The van der Waals surface area contributed by atoms with Gasteiger partial charge in [0.05, 0.1) is 21.6 Å². The fraction of sp³-hybridized carbons (Fsp3) is 0.300. The van der Waals surface area contributed by atoms with Crippen molar-refractivity contribution >= 4 is 39.1 Å². The van der Waals surface area contributed by atoms with Crippen LogP contribution >= 0.6 is 22.9 Å². The first-order chi connectivity index (χ1) is 14.1. The average Bonchev–Trinajstić information content (AvgIpc) is 3.31. The molecule has 0 amide bonds. The first kappa shape index (κ1) is 18.3. The van der Waals surface area contributed by atoms with E-state index < -0.39 is 0 Å². The molecular weight excluding hydrogens is 408 g/mol. The van der Waals surface area contributed by atoms with Crippen molar-refractivity contribution in [2.75, 3.05) is 18.0 Å². The van der Waals surface area contributed by atoms with Gasteiger partial charge < -0.3 is 4.90 Å². The molecule has 1 fully saturated rings. The van der Waals surface area contributed by atoms with E-state index in [-0.39, 0.29) is 5.56 Å². The summed E-state index contributed by atoms with van der Waals surface area (Å²) >= 11 is 7.48. The van der Waals surface area contributed by atoms with Crippen LogP contribution in [0, 0.1) is 6.92 Å². The molecule has 5 rings (SSSR count). The molecule has 3 aromatic heterocycles. The Balaban J connectivity index is 1.50. The molecule has 0 unspecified atom stereocenters. The van der Waals surface area contributed by atoms with Gasteiger partial charge in [-0.1, -0.05) is 22.9 Å². The van der Waals surface area contributed by atoms with Crippen molar-refractivity contribution in [3.8, 4) is 16.4 Å². The van der Waals surface area contributed by atoms with Gasteiger partial charge in [-0.15, -0.1) is 0 Å². The van der Waals surface area contributed by atoms with E-state index in [0.717, 1.165) is 40.5 Å². The summed E-state index contributed by atoms with van der Waals surface area (Å²) in [6, 6.07) is 7.08. The van der Waals surface area contributed by atoms with Gasteiger partial charge in [0.2, 0.25) is 11.1 Å². The third-order valence-electron chi connectivity index (χ3n) is 5.15. The molecule has 29 heavy (non-hydrogen) atoms. The van der Waals surface area contributed by atoms with Crippen LogP contribution < -0.4 is 10.5 Å². The Hall–Kier alpha value is -2.71. The molecule has 1 saturated heterocycles.